The van der Waals surface area contributed by atoms with Crippen molar-refractivity contribution in [1.29, 1.82) is 0 Å². The number of pyridine rings is 1. The van der Waals surface area contributed by atoms with Crippen LogP contribution in [0.5, 0.6) is 0 Å². The summed E-state index contributed by atoms with van der Waals surface area (Å²) >= 11 is 0. The third kappa shape index (κ3) is 3.77. The standard InChI is InChI=1S/C15H23FN2/c1-11-4-3-5-15(7-6-11)18-12(2)13-8-14(16)10-17-9-13/h8-12,15,18H,3-7H2,1-2H3. The van der Waals surface area contributed by atoms with E-state index >= 15 is 0 Å². The van der Waals surface area contributed by atoms with Crippen molar-refractivity contribution in [1.82, 2.24) is 10.3 Å². The molecule has 1 aromatic heterocycles. The summed E-state index contributed by atoms with van der Waals surface area (Å²) in [5.41, 5.74) is 0.937. The zero-order valence-corrected chi connectivity index (χ0v) is 11.3. The number of hydrogen-bond donors (Lipinski definition) is 1. The van der Waals surface area contributed by atoms with E-state index in [-0.39, 0.29) is 11.9 Å². The van der Waals surface area contributed by atoms with E-state index in [2.05, 4.69) is 24.1 Å². The van der Waals surface area contributed by atoms with Crippen LogP contribution in [-0.4, -0.2) is 11.0 Å². The van der Waals surface area contributed by atoms with Gasteiger partial charge in [-0.1, -0.05) is 19.8 Å². The summed E-state index contributed by atoms with van der Waals surface area (Å²) in [6, 6.07) is 2.31. The summed E-state index contributed by atoms with van der Waals surface area (Å²) in [6.07, 6.45) is 9.40. The van der Waals surface area contributed by atoms with Crippen LogP contribution in [0.15, 0.2) is 18.5 Å². The van der Waals surface area contributed by atoms with E-state index in [1.165, 1.54) is 38.3 Å². The van der Waals surface area contributed by atoms with Gasteiger partial charge in [0.05, 0.1) is 6.20 Å². The molecule has 1 saturated carbocycles. The molecule has 1 fully saturated rings. The molecular weight excluding hydrogens is 227 g/mol. The van der Waals surface area contributed by atoms with Crippen LogP contribution >= 0.6 is 0 Å². The Morgan fingerprint density at radius 3 is 2.89 bits per heavy atom. The molecule has 2 nitrogen and oxygen atoms in total. The first-order chi connectivity index (χ1) is 8.65. The van der Waals surface area contributed by atoms with Crippen LogP contribution in [0.4, 0.5) is 4.39 Å². The average molecular weight is 250 g/mol. The summed E-state index contributed by atoms with van der Waals surface area (Å²) in [7, 11) is 0. The first-order valence-corrected chi connectivity index (χ1v) is 7.01. The van der Waals surface area contributed by atoms with Gasteiger partial charge in [0.25, 0.3) is 0 Å². The predicted octanol–water partition coefficient (Wildman–Crippen LogP) is 3.84. The summed E-state index contributed by atoms with van der Waals surface area (Å²) in [6.45, 7) is 4.42. The number of hydrogen-bond acceptors (Lipinski definition) is 2. The van der Waals surface area contributed by atoms with Crippen molar-refractivity contribution in [3.05, 3.63) is 29.8 Å². The molecule has 0 bridgehead atoms. The fourth-order valence-corrected chi connectivity index (χ4v) is 2.77. The van der Waals surface area contributed by atoms with Crippen LogP contribution in [0.1, 0.15) is 57.6 Å². The fraction of sp³-hybridized carbons (Fsp3) is 0.667. The van der Waals surface area contributed by atoms with Crippen LogP contribution in [0.2, 0.25) is 0 Å². The van der Waals surface area contributed by atoms with E-state index < -0.39 is 0 Å². The highest BCUT2D eigenvalue weighted by Gasteiger charge is 2.18. The third-order valence-corrected chi connectivity index (χ3v) is 3.97. The predicted molar refractivity (Wildman–Crippen MR) is 71.8 cm³/mol. The van der Waals surface area contributed by atoms with Gasteiger partial charge >= 0.3 is 0 Å². The molecule has 100 valence electrons. The van der Waals surface area contributed by atoms with Gasteiger partial charge in [-0.05, 0) is 43.7 Å². The van der Waals surface area contributed by atoms with Gasteiger partial charge in [-0.15, -0.1) is 0 Å². The van der Waals surface area contributed by atoms with Gasteiger partial charge in [0.1, 0.15) is 5.82 Å². The second kappa shape index (κ2) is 6.28. The molecular formula is C15H23FN2. The molecule has 3 atom stereocenters. The molecule has 0 amide bonds. The van der Waals surface area contributed by atoms with Gasteiger partial charge in [0.2, 0.25) is 0 Å². The number of halogens is 1. The lowest BCUT2D eigenvalue weighted by atomic mass is 10.0. The van der Waals surface area contributed by atoms with E-state index in [0.717, 1.165) is 11.5 Å². The van der Waals surface area contributed by atoms with Gasteiger partial charge in [0, 0.05) is 18.3 Å². The first kappa shape index (κ1) is 13.5. The van der Waals surface area contributed by atoms with Crippen LogP contribution in [0, 0.1) is 11.7 Å². The highest BCUT2D eigenvalue weighted by molar-refractivity contribution is 5.14. The van der Waals surface area contributed by atoms with Crippen molar-refractivity contribution in [2.75, 3.05) is 0 Å². The maximum absolute atomic E-state index is 13.1. The quantitative estimate of drug-likeness (QED) is 0.824. The zero-order chi connectivity index (χ0) is 13.0. The van der Waals surface area contributed by atoms with E-state index in [1.807, 2.05) is 0 Å². The van der Waals surface area contributed by atoms with Crippen molar-refractivity contribution >= 4 is 0 Å². The summed E-state index contributed by atoms with van der Waals surface area (Å²) in [4.78, 5) is 3.91. The van der Waals surface area contributed by atoms with E-state index in [0.29, 0.717) is 6.04 Å². The van der Waals surface area contributed by atoms with Gasteiger partial charge in [0.15, 0.2) is 0 Å². The second-order valence-corrected chi connectivity index (χ2v) is 5.64. The Hall–Kier alpha value is -0.960. The lowest BCUT2D eigenvalue weighted by Crippen LogP contribution is -2.31. The molecule has 18 heavy (non-hydrogen) atoms. The summed E-state index contributed by atoms with van der Waals surface area (Å²) in [5, 5.41) is 3.62. The fourth-order valence-electron chi connectivity index (χ4n) is 2.77. The van der Waals surface area contributed by atoms with Crippen LogP contribution < -0.4 is 5.32 Å². The Kier molecular flexibility index (Phi) is 4.70. The van der Waals surface area contributed by atoms with Crippen LogP contribution in [-0.2, 0) is 0 Å². The highest BCUT2D eigenvalue weighted by atomic mass is 19.1. The van der Waals surface area contributed by atoms with Gasteiger partial charge < -0.3 is 5.32 Å². The largest absolute Gasteiger partial charge is 0.307 e. The van der Waals surface area contributed by atoms with Crippen LogP contribution in [0.25, 0.3) is 0 Å². The minimum atomic E-state index is -0.254. The third-order valence-electron chi connectivity index (χ3n) is 3.97. The molecule has 1 heterocycles. The Morgan fingerprint density at radius 2 is 2.11 bits per heavy atom. The SMILES string of the molecule is CC1CCCC(NC(C)c2cncc(F)c2)CC1. The van der Waals surface area contributed by atoms with Gasteiger partial charge in [-0.2, -0.15) is 0 Å². The van der Waals surface area contributed by atoms with Crippen molar-refractivity contribution in [3.8, 4) is 0 Å². The minimum absolute atomic E-state index is 0.173. The molecule has 3 unspecified atom stereocenters. The number of aromatic nitrogens is 1. The number of nitrogens with zero attached hydrogens (tertiary/aromatic N) is 1. The molecule has 0 radical (unpaired) electrons. The number of rotatable bonds is 3. The number of nitrogens with one attached hydrogen (secondary N) is 1. The molecule has 0 aliphatic heterocycles. The average Bonchev–Trinajstić information content (AvgIpc) is 2.54. The molecule has 1 aromatic rings. The van der Waals surface area contributed by atoms with Gasteiger partial charge in [-0.25, -0.2) is 4.39 Å². The lowest BCUT2D eigenvalue weighted by molar-refractivity contribution is 0.406. The monoisotopic (exact) mass is 250 g/mol. The van der Waals surface area contributed by atoms with Crippen LogP contribution in [0.3, 0.4) is 0 Å². The summed E-state index contributed by atoms with van der Waals surface area (Å²) in [5.74, 6) is 0.596. The van der Waals surface area contributed by atoms with Crippen molar-refractivity contribution in [2.24, 2.45) is 5.92 Å². The normalized spacial score (nSPS) is 26.6. The Balaban J connectivity index is 1.92. The topological polar surface area (TPSA) is 24.9 Å². The Bertz CT molecular complexity index is 381. The second-order valence-electron chi connectivity index (χ2n) is 5.64. The minimum Gasteiger partial charge on any atom is -0.307 e. The highest BCUT2D eigenvalue weighted by Crippen LogP contribution is 2.24. The summed E-state index contributed by atoms with van der Waals surface area (Å²) < 4.78 is 13.1. The maximum Gasteiger partial charge on any atom is 0.141 e. The Morgan fingerprint density at radius 1 is 1.28 bits per heavy atom. The first-order valence-electron chi connectivity index (χ1n) is 7.01. The Labute approximate surface area is 109 Å². The van der Waals surface area contributed by atoms with Gasteiger partial charge in [-0.3, -0.25) is 4.98 Å². The smallest absolute Gasteiger partial charge is 0.141 e. The molecule has 2 rings (SSSR count). The molecule has 1 aliphatic rings. The van der Waals surface area contributed by atoms with E-state index in [9.17, 15) is 4.39 Å². The molecule has 0 spiro atoms. The molecule has 3 heteroatoms. The molecule has 1 aliphatic carbocycles. The molecule has 0 aromatic carbocycles. The molecule has 0 saturated heterocycles. The van der Waals surface area contributed by atoms with E-state index in [4.69, 9.17) is 0 Å². The molecule has 1 N–H and O–H groups in total. The van der Waals surface area contributed by atoms with Crippen molar-refractivity contribution < 1.29 is 4.39 Å². The van der Waals surface area contributed by atoms with Crippen molar-refractivity contribution in [2.45, 2.75) is 58.0 Å². The maximum atomic E-state index is 13.1. The van der Waals surface area contributed by atoms with E-state index in [1.54, 1.807) is 12.3 Å². The lowest BCUT2D eigenvalue weighted by Gasteiger charge is -2.22. The zero-order valence-electron chi connectivity index (χ0n) is 11.3. The van der Waals surface area contributed by atoms with Crippen molar-refractivity contribution in [3.63, 3.8) is 0 Å².